The topological polar surface area (TPSA) is 113 Å². The molecule has 0 saturated carbocycles. The number of hydrogen-bond donors (Lipinski definition) is 2. The Morgan fingerprint density at radius 2 is 1.66 bits per heavy atom. The van der Waals surface area contributed by atoms with Gasteiger partial charge in [0.1, 0.15) is 6.54 Å². The van der Waals surface area contributed by atoms with Crippen LogP contribution in [0.3, 0.4) is 0 Å². The minimum absolute atomic E-state index is 0.00353. The van der Waals surface area contributed by atoms with E-state index in [1.807, 2.05) is 12.1 Å². The van der Waals surface area contributed by atoms with E-state index in [0.717, 1.165) is 9.69 Å². The molecule has 1 aliphatic rings. The van der Waals surface area contributed by atoms with Gasteiger partial charge in [0.25, 0.3) is 10.0 Å². The first-order chi connectivity index (χ1) is 14.9. The summed E-state index contributed by atoms with van der Waals surface area (Å²) in [6.07, 6.45) is 0. The summed E-state index contributed by atoms with van der Waals surface area (Å²) >= 11 is 0. The van der Waals surface area contributed by atoms with Gasteiger partial charge in [-0.2, -0.15) is 0 Å². The molecule has 3 aromatic carbocycles. The van der Waals surface area contributed by atoms with Gasteiger partial charge in [0.05, 0.1) is 15.5 Å². The summed E-state index contributed by atoms with van der Waals surface area (Å²) in [5, 5.41) is 3.96. The highest BCUT2D eigenvalue weighted by molar-refractivity contribution is 7.93. The lowest BCUT2D eigenvalue weighted by Gasteiger charge is -2.21. The van der Waals surface area contributed by atoms with Gasteiger partial charge in [0, 0.05) is 16.6 Å². The lowest BCUT2D eigenvalue weighted by atomic mass is 10.1. The molecule has 2 N–H and O–H groups in total. The summed E-state index contributed by atoms with van der Waals surface area (Å²) < 4.78 is 54.8. The summed E-state index contributed by atoms with van der Waals surface area (Å²) in [4.78, 5) is 12.9. The summed E-state index contributed by atoms with van der Waals surface area (Å²) in [6, 6.07) is 16.0. The number of carbonyl (C=O) groups excluding carboxylic acids is 1. The lowest BCUT2D eigenvalue weighted by Crippen LogP contribution is -2.40. The van der Waals surface area contributed by atoms with Crippen molar-refractivity contribution in [3.63, 3.8) is 0 Å². The predicted molar refractivity (Wildman–Crippen MR) is 124 cm³/mol. The van der Waals surface area contributed by atoms with Gasteiger partial charge >= 0.3 is 0 Å². The Hall–Kier alpha value is -2.95. The fraction of sp³-hybridized carbons (Fsp3) is 0.227. The van der Waals surface area contributed by atoms with Crippen LogP contribution in [0.2, 0.25) is 0 Å². The summed E-state index contributed by atoms with van der Waals surface area (Å²) in [6.45, 7) is 4.75. The number of anilines is 2. The fourth-order valence-corrected chi connectivity index (χ4v) is 6.79. The number of nitrogens with zero attached hydrogens (tertiary/aromatic N) is 1. The van der Waals surface area contributed by atoms with Crippen LogP contribution in [-0.4, -0.2) is 34.8 Å². The third-order valence-electron chi connectivity index (χ3n) is 4.84. The molecule has 32 heavy (non-hydrogen) atoms. The number of carbonyl (C=O) groups is 1. The molecule has 0 aliphatic carbocycles. The first-order valence-corrected chi connectivity index (χ1v) is 12.8. The second kappa shape index (κ2) is 7.58. The van der Waals surface area contributed by atoms with Crippen LogP contribution in [0.25, 0.3) is 10.8 Å². The molecule has 168 valence electrons. The van der Waals surface area contributed by atoms with Gasteiger partial charge in [-0.3, -0.25) is 9.10 Å². The first-order valence-electron chi connectivity index (χ1n) is 9.87. The average Bonchev–Trinajstić information content (AvgIpc) is 2.90. The zero-order chi connectivity index (χ0) is 23.3. The van der Waals surface area contributed by atoms with Crippen molar-refractivity contribution >= 4 is 48.1 Å². The second-order valence-electron chi connectivity index (χ2n) is 8.57. The third-order valence-corrected chi connectivity index (χ3v) is 8.39. The van der Waals surface area contributed by atoms with E-state index in [4.69, 9.17) is 0 Å². The summed E-state index contributed by atoms with van der Waals surface area (Å²) in [5.41, 5.74) is 0.0242. The molecule has 3 aromatic rings. The second-order valence-corrected chi connectivity index (χ2v) is 12.1. The highest BCUT2D eigenvalue weighted by Crippen LogP contribution is 2.41. The van der Waals surface area contributed by atoms with Crippen LogP contribution in [0.4, 0.5) is 11.4 Å². The predicted octanol–water partition coefficient (Wildman–Crippen LogP) is 3.06. The highest BCUT2D eigenvalue weighted by atomic mass is 32.2. The molecule has 0 atom stereocenters. The monoisotopic (exact) mass is 473 g/mol. The van der Waals surface area contributed by atoms with Gasteiger partial charge in [-0.05, 0) is 56.5 Å². The molecule has 0 fully saturated rings. The summed E-state index contributed by atoms with van der Waals surface area (Å²) in [5.74, 6) is -0.586. The Kier molecular flexibility index (Phi) is 5.27. The molecule has 0 spiro atoms. The van der Waals surface area contributed by atoms with E-state index in [0.29, 0.717) is 11.1 Å². The average molecular weight is 474 g/mol. The quantitative estimate of drug-likeness (QED) is 0.591. The molecule has 0 unspecified atom stereocenters. The molecule has 0 radical (unpaired) electrons. The van der Waals surface area contributed by atoms with Crippen LogP contribution in [0.5, 0.6) is 0 Å². The third kappa shape index (κ3) is 4.08. The number of amides is 1. The molecular formula is C22H23N3O5S2. The van der Waals surface area contributed by atoms with Gasteiger partial charge in [-0.15, -0.1) is 0 Å². The first kappa shape index (κ1) is 22.3. The molecule has 0 saturated heterocycles. The minimum atomic E-state index is -3.87. The van der Waals surface area contributed by atoms with Crippen molar-refractivity contribution in [3.05, 3.63) is 60.7 Å². The van der Waals surface area contributed by atoms with Crippen molar-refractivity contribution in [2.75, 3.05) is 16.2 Å². The van der Waals surface area contributed by atoms with Crippen LogP contribution < -0.4 is 14.3 Å². The van der Waals surface area contributed by atoms with Crippen molar-refractivity contribution in [1.29, 1.82) is 0 Å². The largest absolute Gasteiger partial charge is 0.324 e. The minimum Gasteiger partial charge on any atom is -0.324 e. The SMILES string of the molecule is CC(C)(C)NS(=O)(=O)c1cccc(NC(=O)CN2c3cccc4cccc(c34)S2(=O)=O)c1. The Morgan fingerprint density at radius 3 is 2.34 bits per heavy atom. The van der Waals surface area contributed by atoms with E-state index in [-0.39, 0.29) is 15.5 Å². The smallest absolute Gasteiger partial charge is 0.265 e. The molecular weight excluding hydrogens is 450 g/mol. The Balaban J connectivity index is 1.58. The van der Waals surface area contributed by atoms with E-state index < -0.39 is 38.0 Å². The normalized spacial score (nSPS) is 15.2. The van der Waals surface area contributed by atoms with Crippen LogP contribution in [0.1, 0.15) is 20.8 Å². The molecule has 10 heteroatoms. The van der Waals surface area contributed by atoms with Crippen LogP contribution in [0.15, 0.2) is 70.5 Å². The van der Waals surface area contributed by atoms with Gasteiger partial charge in [-0.25, -0.2) is 21.6 Å². The Labute approximate surface area is 187 Å². The molecule has 1 amide bonds. The van der Waals surface area contributed by atoms with E-state index in [9.17, 15) is 21.6 Å². The Bertz CT molecular complexity index is 1440. The van der Waals surface area contributed by atoms with E-state index >= 15 is 0 Å². The van der Waals surface area contributed by atoms with Crippen molar-refractivity contribution in [2.45, 2.75) is 36.1 Å². The zero-order valence-electron chi connectivity index (χ0n) is 17.8. The van der Waals surface area contributed by atoms with Crippen molar-refractivity contribution in [3.8, 4) is 0 Å². The van der Waals surface area contributed by atoms with Crippen molar-refractivity contribution < 1.29 is 21.6 Å². The van der Waals surface area contributed by atoms with E-state index in [1.165, 1.54) is 24.3 Å². The van der Waals surface area contributed by atoms with Crippen LogP contribution in [-0.2, 0) is 24.8 Å². The van der Waals surface area contributed by atoms with Gasteiger partial charge in [-0.1, -0.05) is 30.3 Å². The zero-order valence-corrected chi connectivity index (χ0v) is 19.4. The molecule has 8 nitrogen and oxygen atoms in total. The van der Waals surface area contributed by atoms with Crippen LogP contribution in [0, 0.1) is 0 Å². The maximum atomic E-state index is 13.0. The van der Waals surface area contributed by atoms with E-state index in [2.05, 4.69) is 10.0 Å². The molecule has 1 heterocycles. The number of hydrogen-bond acceptors (Lipinski definition) is 5. The van der Waals surface area contributed by atoms with Gasteiger partial charge < -0.3 is 5.32 Å². The number of rotatable bonds is 5. The van der Waals surface area contributed by atoms with Gasteiger partial charge in [0.2, 0.25) is 15.9 Å². The Morgan fingerprint density at radius 1 is 1.00 bits per heavy atom. The fourth-order valence-electron chi connectivity index (χ4n) is 3.66. The maximum Gasteiger partial charge on any atom is 0.265 e. The highest BCUT2D eigenvalue weighted by Gasteiger charge is 2.36. The lowest BCUT2D eigenvalue weighted by molar-refractivity contribution is -0.114. The molecule has 0 bridgehead atoms. The molecule has 0 aromatic heterocycles. The number of benzene rings is 3. The van der Waals surface area contributed by atoms with Gasteiger partial charge in [0.15, 0.2) is 0 Å². The van der Waals surface area contributed by atoms with E-state index in [1.54, 1.807) is 45.0 Å². The van der Waals surface area contributed by atoms with Crippen LogP contribution >= 0.6 is 0 Å². The molecule has 1 aliphatic heterocycles. The maximum absolute atomic E-state index is 13.0. The standard InChI is InChI=1S/C22H23N3O5S2/c1-22(2,3)24-31(27,28)17-10-6-9-16(13-17)23-20(26)14-25-18-11-4-7-15-8-5-12-19(21(15)18)32(25,29)30/h4-13,24H,14H2,1-3H3,(H,23,26). The number of nitrogens with one attached hydrogen (secondary N) is 2. The molecule has 4 rings (SSSR count). The van der Waals surface area contributed by atoms with Crippen molar-refractivity contribution in [1.82, 2.24) is 4.72 Å². The van der Waals surface area contributed by atoms with Crippen molar-refractivity contribution in [2.24, 2.45) is 0 Å². The number of sulfonamides is 2. The summed E-state index contributed by atoms with van der Waals surface area (Å²) in [7, 11) is -7.66.